The standard InChI is InChI=1S/C23H22N2O4/c1-27-21-12-19(13-22(14-21)28-2)23(26)25-24-15-18-9-6-10-20(11-18)29-16-17-7-4-3-5-8-17/h3-15H,16H2,1-2H3,(H,25,26). The van der Waals surface area contributed by atoms with Gasteiger partial charge >= 0.3 is 0 Å². The van der Waals surface area contributed by atoms with Crippen molar-refractivity contribution in [2.75, 3.05) is 14.2 Å². The zero-order valence-electron chi connectivity index (χ0n) is 16.3. The second-order valence-corrected chi connectivity index (χ2v) is 6.15. The van der Waals surface area contributed by atoms with Crippen LogP contribution in [-0.2, 0) is 6.61 Å². The molecular formula is C23H22N2O4. The lowest BCUT2D eigenvalue weighted by molar-refractivity contribution is 0.0954. The van der Waals surface area contributed by atoms with E-state index in [0.717, 1.165) is 16.9 Å². The van der Waals surface area contributed by atoms with E-state index in [4.69, 9.17) is 14.2 Å². The van der Waals surface area contributed by atoms with Crippen LogP contribution in [0.1, 0.15) is 21.5 Å². The molecule has 0 saturated carbocycles. The molecule has 0 heterocycles. The number of methoxy groups -OCH3 is 2. The molecule has 0 atom stereocenters. The molecule has 0 aliphatic carbocycles. The molecule has 0 aliphatic rings. The van der Waals surface area contributed by atoms with E-state index >= 15 is 0 Å². The van der Waals surface area contributed by atoms with Gasteiger partial charge in [-0.15, -0.1) is 0 Å². The molecule has 0 bridgehead atoms. The van der Waals surface area contributed by atoms with E-state index in [1.807, 2.05) is 54.6 Å². The SMILES string of the molecule is COc1cc(OC)cc(C(=O)NN=Cc2cccc(OCc3ccccc3)c2)c1. The van der Waals surface area contributed by atoms with Gasteiger partial charge in [0, 0.05) is 11.6 Å². The van der Waals surface area contributed by atoms with Gasteiger partial charge in [-0.05, 0) is 35.4 Å². The summed E-state index contributed by atoms with van der Waals surface area (Å²) in [7, 11) is 3.06. The van der Waals surface area contributed by atoms with Gasteiger partial charge in [0.1, 0.15) is 23.9 Å². The van der Waals surface area contributed by atoms with Crippen molar-refractivity contribution in [3.63, 3.8) is 0 Å². The number of benzene rings is 3. The number of nitrogens with zero attached hydrogens (tertiary/aromatic N) is 1. The Hall–Kier alpha value is -3.80. The molecule has 1 N–H and O–H groups in total. The molecule has 0 unspecified atom stereocenters. The van der Waals surface area contributed by atoms with Crippen LogP contribution in [0.15, 0.2) is 77.9 Å². The van der Waals surface area contributed by atoms with Gasteiger partial charge in [-0.2, -0.15) is 5.10 Å². The lowest BCUT2D eigenvalue weighted by atomic mass is 10.2. The molecule has 1 amide bonds. The molecular weight excluding hydrogens is 368 g/mol. The largest absolute Gasteiger partial charge is 0.497 e. The normalized spacial score (nSPS) is 10.6. The van der Waals surface area contributed by atoms with Crippen LogP contribution in [0.5, 0.6) is 17.2 Å². The number of amides is 1. The zero-order chi connectivity index (χ0) is 20.5. The summed E-state index contributed by atoms with van der Waals surface area (Å²) in [5, 5.41) is 4.03. The average molecular weight is 390 g/mol. The van der Waals surface area contributed by atoms with Crippen LogP contribution in [0.3, 0.4) is 0 Å². The molecule has 148 valence electrons. The molecule has 0 radical (unpaired) electrons. The molecule has 0 aromatic heterocycles. The Kier molecular flexibility index (Phi) is 6.84. The van der Waals surface area contributed by atoms with Crippen molar-refractivity contribution in [1.29, 1.82) is 0 Å². The van der Waals surface area contributed by atoms with E-state index in [-0.39, 0.29) is 5.91 Å². The van der Waals surface area contributed by atoms with Crippen molar-refractivity contribution in [2.45, 2.75) is 6.61 Å². The molecule has 3 aromatic rings. The number of ether oxygens (including phenoxy) is 3. The summed E-state index contributed by atoms with van der Waals surface area (Å²) in [6.07, 6.45) is 1.56. The topological polar surface area (TPSA) is 69.2 Å². The van der Waals surface area contributed by atoms with Crippen LogP contribution in [0.2, 0.25) is 0 Å². The number of hydrogen-bond acceptors (Lipinski definition) is 5. The third-order valence-corrected chi connectivity index (χ3v) is 4.10. The van der Waals surface area contributed by atoms with Gasteiger partial charge in [0.05, 0.1) is 20.4 Å². The first kappa shape index (κ1) is 19.9. The average Bonchev–Trinajstić information content (AvgIpc) is 2.78. The maximum atomic E-state index is 12.3. The van der Waals surface area contributed by atoms with E-state index in [9.17, 15) is 4.79 Å². The number of carbonyl (C=O) groups excluding carboxylic acids is 1. The van der Waals surface area contributed by atoms with Crippen LogP contribution in [0, 0.1) is 0 Å². The number of nitrogens with one attached hydrogen (secondary N) is 1. The number of hydrogen-bond donors (Lipinski definition) is 1. The Morgan fingerprint density at radius 3 is 2.31 bits per heavy atom. The van der Waals surface area contributed by atoms with Crippen molar-refractivity contribution in [3.8, 4) is 17.2 Å². The van der Waals surface area contributed by atoms with Crippen molar-refractivity contribution in [1.82, 2.24) is 5.43 Å². The fourth-order valence-electron chi connectivity index (χ4n) is 2.59. The third kappa shape index (κ3) is 5.84. The minimum atomic E-state index is -0.366. The molecule has 3 aromatic carbocycles. The number of hydrazone groups is 1. The Labute approximate surface area is 169 Å². The molecule has 0 spiro atoms. The van der Waals surface area contributed by atoms with E-state index in [2.05, 4.69) is 10.5 Å². The summed E-state index contributed by atoms with van der Waals surface area (Å²) < 4.78 is 16.2. The molecule has 0 fully saturated rings. The summed E-state index contributed by atoms with van der Waals surface area (Å²) in [4.78, 5) is 12.3. The van der Waals surface area contributed by atoms with Gasteiger partial charge in [0.15, 0.2) is 0 Å². The summed E-state index contributed by atoms with van der Waals surface area (Å²) in [6, 6.07) is 22.3. The summed E-state index contributed by atoms with van der Waals surface area (Å²) >= 11 is 0. The highest BCUT2D eigenvalue weighted by Gasteiger charge is 2.09. The van der Waals surface area contributed by atoms with E-state index in [1.165, 1.54) is 14.2 Å². The first-order valence-electron chi connectivity index (χ1n) is 9.01. The smallest absolute Gasteiger partial charge is 0.271 e. The van der Waals surface area contributed by atoms with Crippen LogP contribution in [0.4, 0.5) is 0 Å². The summed E-state index contributed by atoms with van der Waals surface area (Å²) in [5.41, 5.74) is 4.79. The number of rotatable bonds is 8. The van der Waals surface area contributed by atoms with E-state index in [0.29, 0.717) is 23.7 Å². The van der Waals surface area contributed by atoms with Crippen LogP contribution in [0.25, 0.3) is 0 Å². The Morgan fingerprint density at radius 2 is 1.62 bits per heavy atom. The first-order chi connectivity index (χ1) is 14.2. The lowest BCUT2D eigenvalue weighted by Crippen LogP contribution is -2.17. The minimum absolute atomic E-state index is 0.366. The Bertz CT molecular complexity index is 965. The molecule has 6 nitrogen and oxygen atoms in total. The maximum absolute atomic E-state index is 12.3. The molecule has 0 aliphatic heterocycles. The fourth-order valence-corrected chi connectivity index (χ4v) is 2.59. The third-order valence-electron chi connectivity index (χ3n) is 4.10. The first-order valence-corrected chi connectivity index (χ1v) is 9.01. The van der Waals surface area contributed by atoms with Crippen molar-refractivity contribution in [3.05, 3.63) is 89.5 Å². The predicted molar refractivity (Wildman–Crippen MR) is 112 cm³/mol. The monoisotopic (exact) mass is 390 g/mol. The van der Waals surface area contributed by atoms with Crippen LogP contribution < -0.4 is 19.6 Å². The van der Waals surface area contributed by atoms with Gasteiger partial charge in [-0.25, -0.2) is 5.43 Å². The van der Waals surface area contributed by atoms with Gasteiger partial charge in [0.2, 0.25) is 0 Å². The highest BCUT2D eigenvalue weighted by Crippen LogP contribution is 2.22. The van der Waals surface area contributed by atoms with Crippen molar-refractivity contribution in [2.24, 2.45) is 5.10 Å². The van der Waals surface area contributed by atoms with Gasteiger partial charge in [-0.3, -0.25) is 4.79 Å². The maximum Gasteiger partial charge on any atom is 0.271 e. The summed E-state index contributed by atoms with van der Waals surface area (Å²) in [5.74, 6) is 1.42. The highest BCUT2D eigenvalue weighted by molar-refractivity contribution is 5.95. The fraction of sp³-hybridized carbons (Fsp3) is 0.130. The van der Waals surface area contributed by atoms with Crippen molar-refractivity contribution >= 4 is 12.1 Å². The quantitative estimate of drug-likeness (QED) is 0.465. The number of carbonyl (C=O) groups is 1. The van der Waals surface area contributed by atoms with E-state index < -0.39 is 0 Å². The van der Waals surface area contributed by atoms with Crippen LogP contribution >= 0.6 is 0 Å². The molecule has 3 rings (SSSR count). The predicted octanol–water partition coefficient (Wildman–Crippen LogP) is 4.05. The molecule has 6 heteroatoms. The van der Waals surface area contributed by atoms with Gasteiger partial charge < -0.3 is 14.2 Å². The second-order valence-electron chi connectivity index (χ2n) is 6.15. The van der Waals surface area contributed by atoms with Gasteiger partial charge in [0.25, 0.3) is 5.91 Å². The summed E-state index contributed by atoms with van der Waals surface area (Å²) in [6.45, 7) is 0.482. The second kappa shape index (κ2) is 9.94. The van der Waals surface area contributed by atoms with Crippen LogP contribution in [-0.4, -0.2) is 26.3 Å². The lowest BCUT2D eigenvalue weighted by Gasteiger charge is -2.07. The Balaban J connectivity index is 1.61. The van der Waals surface area contributed by atoms with Crippen molar-refractivity contribution < 1.29 is 19.0 Å². The molecule has 29 heavy (non-hydrogen) atoms. The molecule has 0 saturated heterocycles. The minimum Gasteiger partial charge on any atom is -0.497 e. The highest BCUT2D eigenvalue weighted by atomic mass is 16.5. The van der Waals surface area contributed by atoms with Gasteiger partial charge in [-0.1, -0.05) is 42.5 Å². The van der Waals surface area contributed by atoms with E-state index in [1.54, 1.807) is 24.4 Å². The zero-order valence-corrected chi connectivity index (χ0v) is 16.3. The Morgan fingerprint density at radius 1 is 0.897 bits per heavy atom.